The molecule has 0 spiro atoms. The molecule has 4 aromatic rings. The van der Waals surface area contributed by atoms with Gasteiger partial charge >= 0.3 is 0 Å². The minimum Gasteiger partial charge on any atom is -0.492 e. The Morgan fingerprint density at radius 2 is 1.81 bits per heavy atom. The molecule has 1 aromatic heterocycles. The van der Waals surface area contributed by atoms with Gasteiger partial charge in [-0.2, -0.15) is 0 Å². The zero-order valence-electron chi connectivity index (χ0n) is 17.6. The number of benzene rings is 3. The molecule has 31 heavy (non-hydrogen) atoms. The van der Waals surface area contributed by atoms with Gasteiger partial charge in [-0.25, -0.2) is 9.37 Å². The minimum atomic E-state index is -0.373. The lowest BCUT2D eigenvalue weighted by Gasteiger charge is -2.12. The van der Waals surface area contributed by atoms with E-state index in [1.807, 2.05) is 42.5 Å². The maximum absolute atomic E-state index is 13.1. The first-order valence-corrected chi connectivity index (χ1v) is 10.2. The molecule has 0 saturated heterocycles. The van der Waals surface area contributed by atoms with E-state index in [0.29, 0.717) is 18.7 Å². The van der Waals surface area contributed by atoms with Gasteiger partial charge in [0, 0.05) is 5.56 Å². The van der Waals surface area contributed by atoms with Crippen molar-refractivity contribution < 1.29 is 13.9 Å². The Labute approximate surface area is 180 Å². The molecule has 0 bridgehead atoms. The van der Waals surface area contributed by atoms with Crippen LogP contribution in [0.4, 0.5) is 4.39 Å². The van der Waals surface area contributed by atoms with Crippen molar-refractivity contribution in [1.82, 2.24) is 14.9 Å². The predicted octanol–water partition coefficient (Wildman–Crippen LogP) is 4.80. The first-order chi connectivity index (χ1) is 15.0. The van der Waals surface area contributed by atoms with Crippen LogP contribution < -0.4 is 10.1 Å². The lowest BCUT2D eigenvalue weighted by molar-refractivity contribution is 0.0949. The first-order valence-electron chi connectivity index (χ1n) is 10.2. The number of aryl methyl sites for hydroxylation is 2. The monoisotopic (exact) mass is 417 g/mol. The Morgan fingerprint density at radius 1 is 1.03 bits per heavy atom. The molecule has 0 aliphatic rings. The standard InChI is InChI=1S/C25H24FN3O2/c1-17-7-12-21(15-18(17)2)31-14-13-29-23-6-4-3-5-22(23)28-24(29)16-27-25(30)19-8-10-20(26)11-9-19/h3-12,15H,13-14,16H2,1-2H3,(H,27,30). The zero-order valence-corrected chi connectivity index (χ0v) is 17.6. The fraction of sp³-hybridized carbons (Fsp3) is 0.200. The molecule has 0 saturated carbocycles. The number of para-hydroxylation sites is 2. The van der Waals surface area contributed by atoms with E-state index in [4.69, 9.17) is 4.74 Å². The largest absolute Gasteiger partial charge is 0.492 e. The molecule has 0 aliphatic heterocycles. The van der Waals surface area contributed by atoms with E-state index >= 15 is 0 Å². The molecule has 158 valence electrons. The van der Waals surface area contributed by atoms with E-state index in [0.717, 1.165) is 22.6 Å². The van der Waals surface area contributed by atoms with Crippen LogP contribution in [-0.2, 0) is 13.1 Å². The van der Waals surface area contributed by atoms with Crippen molar-refractivity contribution >= 4 is 16.9 Å². The third-order valence-electron chi connectivity index (χ3n) is 5.31. The van der Waals surface area contributed by atoms with Crippen LogP contribution >= 0.6 is 0 Å². The summed E-state index contributed by atoms with van der Waals surface area (Å²) >= 11 is 0. The molecule has 0 aliphatic carbocycles. The molecule has 1 heterocycles. The summed E-state index contributed by atoms with van der Waals surface area (Å²) in [7, 11) is 0. The van der Waals surface area contributed by atoms with Gasteiger partial charge in [0.15, 0.2) is 0 Å². The van der Waals surface area contributed by atoms with Crippen LogP contribution in [0.2, 0.25) is 0 Å². The Hall–Kier alpha value is -3.67. The average molecular weight is 417 g/mol. The van der Waals surface area contributed by atoms with Crippen LogP contribution in [0.25, 0.3) is 11.0 Å². The second-order valence-corrected chi connectivity index (χ2v) is 7.45. The fourth-order valence-electron chi connectivity index (χ4n) is 3.43. The molecule has 5 nitrogen and oxygen atoms in total. The summed E-state index contributed by atoms with van der Waals surface area (Å²) in [6.07, 6.45) is 0. The summed E-state index contributed by atoms with van der Waals surface area (Å²) in [5.74, 6) is 0.922. The summed E-state index contributed by atoms with van der Waals surface area (Å²) in [6, 6.07) is 19.4. The number of imidazole rings is 1. The lowest BCUT2D eigenvalue weighted by atomic mass is 10.1. The fourth-order valence-corrected chi connectivity index (χ4v) is 3.43. The number of hydrogen-bond acceptors (Lipinski definition) is 3. The normalized spacial score (nSPS) is 10.9. The Morgan fingerprint density at radius 3 is 2.58 bits per heavy atom. The number of carbonyl (C=O) groups excluding carboxylic acids is 1. The van der Waals surface area contributed by atoms with Gasteiger partial charge in [-0.05, 0) is 73.5 Å². The number of hydrogen-bond donors (Lipinski definition) is 1. The van der Waals surface area contributed by atoms with Gasteiger partial charge in [0.25, 0.3) is 5.91 Å². The average Bonchev–Trinajstić information content (AvgIpc) is 3.12. The van der Waals surface area contributed by atoms with Crippen molar-refractivity contribution in [2.24, 2.45) is 0 Å². The van der Waals surface area contributed by atoms with Crippen LogP contribution in [0, 0.1) is 19.7 Å². The number of halogens is 1. The number of aromatic nitrogens is 2. The molecule has 0 unspecified atom stereocenters. The van der Waals surface area contributed by atoms with Gasteiger partial charge in [-0.3, -0.25) is 4.79 Å². The molecule has 6 heteroatoms. The van der Waals surface area contributed by atoms with Gasteiger partial charge in [-0.1, -0.05) is 18.2 Å². The number of rotatable bonds is 7. The van der Waals surface area contributed by atoms with Crippen LogP contribution in [0.15, 0.2) is 66.7 Å². The van der Waals surface area contributed by atoms with E-state index in [2.05, 4.69) is 28.7 Å². The molecular formula is C25H24FN3O2. The molecule has 3 aromatic carbocycles. The van der Waals surface area contributed by atoms with Crippen LogP contribution in [-0.4, -0.2) is 22.1 Å². The van der Waals surface area contributed by atoms with Crippen molar-refractivity contribution in [2.75, 3.05) is 6.61 Å². The third kappa shape index (κ3) is 4.74. The quantitative estimate of drug-likeness (QED) is 0.470. The summed E-state index contributed by atoms with van der Waals surface area (Å²) in [4.78, 5) is 17.1. The molecule has 1 amide bonds. The topological polar surface area (TPSA) is 56.1 Å². The van der Waals surface area contributed by atoms with Gasteiger partial charge in [0.1, 0.15) is 24.0 Å². The van der Waals surface area contributed by atoms with Crippen LogP contribution in [0.1, 0.15) is 27.3 Å². The van der Waals surface area contributed by atoms with Crippen molar-refractivity contribution in [1.29, 1.82) is 0 Å². The SMILES string of the molecule is Cc1ccc(OCCn2c(CNC(=O)c3ccc(F)cc3)nc3ccccc32)cc1C. The van der Waals surface area contributed by atoms with E-state index < -0.39 is 0 Å². The molecule has 0 atom stereocenters. The zero-order chi connectivity index (χ0) is 21.8. The summed E-state index contributed by atoms with van der Waals surface area (Å²) in [5, 5.41) is 2.87. The third-order valence-corrected chi connectivity index (χ3v) is 5.31. The lowest BCUT2D eigenvalue weighted by Crippen LogP contribution is -2.25. The second-order valence-electron chi connectivity index (χ2n) is 7.45. The van der Waals surface area contributed by atoms with Crippen LogP contribution in [0.3, 0.4) is 0 Å². The first kappa shape index (κ1) is 20.6. The molecule has 0 radical (unpaired) electrons. The highest BCUT2D eigenvalue weighted by atomic mass is 19.1. The highest BCUT2D eigenvalue weighted by molar-refractivity contribution is 5.94. The number of ether oxygens (including phenoxy) is 1. The van der Waals surface area contributed by atoms with Gasteiger partial charge < -0.3 is 14.6 Å². The van der Waals surface area contributed by atoms with Crippen LogP contribution in [0.5, 0.6) is 5.75 Å². The number of amides is 1. The van der Waals surface area contributed by atoms with E-state index in [9.17, 15) is 9.18 Å². The molecule has 0 fully saturated rings. The van der Waals surface area contributed by atoms with E-state index in [1.165, 1.54) is 35.4 Å². The highest BCUT2D eigenvalue weighted by Gasteiger charge is 2.13. The van der Waals surface area contributed by atoms with Gasteiger partial charge in [0.05, 0.1) is 24.1 Å². The van der Waals surface area contributed by atoms with Gasteiger partial charge in [-0.15, -0.1) is 0 Å². The Bertz CT molecular complexity index is 1220. The maximum Gasteiger partial charge on any atom is 0.251 e. The predicted molar refractivity (Wildman–Crippen MR) is 119 cm³/mol. The second kappa shape index (κ2) is 9.00. The number of nitrogens with one attached hydrogen (secondary N) is 1. The summed E-state index contributed by atoms with van der Waals surface area (Å²) < 4.78 is 21.1. The maximum atomic E-state index is 13.1. The smallest absolute Gasteiger partial charge is 0.251 e. The van der Waals surface area contributed by atoms with E-state index in [1.54, 1.807) is 0 Å². The van der Waals surface area contributed by atoms with Crippen molar-refractivity contribution in [2.45, 2.75) is 26.9 Å². The summed E-state index contributed by atoms with van der Waals surface area (Å²) in [5.41, 5.74) is 4.67. The van der Waals surface area contributed by atoms with E-state index in [-0.39, 0.29) is 18.3 Å². The van der Waals surface area contributed by atoms with Crippen molar-refractivity contribution in [3.05, 3.63) is 95.1 Å². The highest BCUT2D eigenvalue weighted by Crippen LogP contribution is 2.19. The Kier molecular flexibility index (Phi) is 5.98. The van der Waals surface area contributed by atoms with Crippen molar-refractivity contribution in [3.63, 3.8) is 0 Å². The van der Waals surface area contributed by atoms with Gasteiger partial charge in [0.2, 0.25) is 0 Å². The number of carbonyl (C=O) groups is 1. The molecule has 4 rings (SSSR count). The number of fused-ring (bicyclic) bond motifs is 1. The molecule has 1 N–H and O–H groups in total. The Balaban J connectivity index is 1.48. The number of nitrogens with zero attached hydrogens (tertiary/aromatic N) is 2. The molecular weight excluding hydrogens is 393 g/mol. The minimum absolute atomic E-state index is 0.258. The van der Waals surface area contributed by atoms with Crippen molar-refractivity contribution in [3.8, 4) is 5.75 Å². The summed E-state index contributed by atoms with van der Waals surface area (Å²) in [6.45, 7) is 5.46.